The van der Waals surface area contributed by atoms with Gasteiger partial charge in [-0.25, -0.2) is 4.98 Å². The van der Waals surface area contributed by atoms with E-state index in [1.54, 1.807) is 0 Å². The van der Waals surface area contributed by atoms with E-state index in [-0.39, 0.29) is 16.8 Å². The predicted molar refractivity (Wildman–Crippen MR) is 67.0 cm³/mol. The Kier molecular flexibility index (Phi) is 4.29. The minimum absolute atomic E-state index is 0.0480. The first-order valence-corrected chi connectivity index (χ1v) is 5.91. The van der Waals surface area contributed by atoms with Crippen LogP contribution in [0.2, 0.25) is 5.02 Å². The molecule has 2 rings (SSSR count). The van der Waals surface area contributed by atoms with Gasteiger partial charge < -0.3 is 15.4 Å². The third-order valence-corrected chi connectivity index (χ3v) is 2.83. The van der Waals surface area contributed by atoms with Gasteiger partial charge >= 0.3 is 0 Å². The zero-order valence-corrected chi connectivity index (χ0v) is 10.3. The molecule has 1 aliphatic rings. The molecule has 0 aromatic carbocycles. The van der Waals surface area contributed by atoms with Gasteiger partial charge in [0.05, 0.1) is 22.7 Å². The van der Waals surface area contributed by atoms with Crippen LogP contribution in [0.15, 0.2) is 12.3 Å². The number of morpholine rings is 1. The maximum Gasteiger partial charge on any atom is 0.289 e. The van der Waals surface area contributed by atoms with E-state index in [2.05, 4.69) is 15.6 Å². The van der Waals surface area contributed by atoms with Crippen molar-refractivity contribution in [1.82, 2.24) is 10.3 Å². The van der Waals surface area contributed by atoms with Gasteiger partial charge in [0.1, 0.15) is 12.0 Å². The highest BCUT2D eigenvalue weighted by molar-refractivity contribution is 6.33. The molecule has 0 radical (unpaired) electrons. The number of ether oxygens (including phenoxy) is 1. The van der Waals surface area contributed by atoms with Crippen LogP contribution in [0.1, 0.15) is 0 Å². The molecule has 0 aliphatic carbocycles. The molecule has 0 amide bonds. The molecule has 1 aromatic heterocycles. The van der Waals surface area contributed by atoms with Crippen molar-refractivity contribution in [3.05, 3.63) is 27.4 Å². The molecular formula is C10H13ClN4O3. The fraction of sp³-hybridized carbons (Fsp3) is 0.500. The molecule has 7 nitrogen and oxygen atoms in total. The van der Waals surface area contributed by atoms with Crippen molar-refractivity contribution in [1.29, 1.82) is 0 Å². The Bertz CT molecular complexity index is 437. The standard InChI is InChI=1S/C10H13ClN4O3/c11-9-3-7(15(16)17)4-13-10(9)14-6-8-5-12-1-2-18-8/h3-4,8,12H,1-2,5-6H2,(H,13,14). The van der Waals surface area contributed by atoms with Crippen LogP contribution in [0.25, 0.3) is 0 Å². The molecule has 1 aliphatic heterocycles. The highest BCUT2D eigenvalue weighted by atomic mass is 35.5. The van der Waals surface area contributed by atoms with E-state index < -0.39 is 4.92 Å². The summed E-state index contributed by atoms with van der Waals surface area (Å²) in [6.45, 7) is 2.84. The first kappa shape index (κ1) is 13.0. The van der Waals surface area contributed by atoms with E-state index in [9.17, 15) is 10.1 Å². The van der Waals surface area contributed by atoms with Gasteiger partial charge in [-0.3, -0.25) is 10.1 Å². The average molecular weight is 273 g/mol. The summed E-state index contributed by atoms with van der Waals surface area (Å²) in [6.07, 6.45) is 1.22. The van der Waals surface area contributed by atoms with Gasteiger partial charge in [0.15, 0.2) is 0 Å². The van der Waals surface area contributed by atoms with Gasteiger partial charge in [0, 0.05) is 25.7 Å². The van der Waals surface area contributed by atoms with E-state index in [4.69, 9.17) is 16.3 Å². The summed E-state index contributed by atoms with van der Waals surface area (Å²) < 4.78 is 5.50. The largest absolute Gasteiger partial charge is 0.374 e. The SMILES string of the molecule is O=[N+]([O-])c1cnc(NCC2CNCCO2)c(Cl)c1. The molecule has 2 N–H and O–H groups in total. The highest BCUT2D eigenvalue weighted by Crippen LogP contribution is 2.23. The molecule has 2 heterocycles. The minimum atomic E-state index is -0.531. The number of rotatable bonds is 4. The molecule has 18 heavy (non-hydrogen) atoms. The molecular weight excluding hydrogens is 260 g/mol. The summed E-state index contributed by atoms with van der Waals surface area (Å²) in [6, 6.07) is 1.27. The van der Waals surface area contributed by atoms with E-state index in [0.717, 1.165) is 13.1 Å². The summed E-state index contributed by atoms with van der Waals surface area (Å²) in [5, 5.41) is 17.0. The second-order valence-electron chi connectivity index (χ2n) is 3.86. The molecule has 0 bridgehead atoms. The zero-order valence-electron chi connectivity index (χ0n) is 9.56. The van der Waals surface area contributed by atoms with Crippen LogP contribution < -0.4 is 10.6 Å². The third kappa shape index (κ3) is 3.28. The maximum absolute atomic E-state index is 10.5. The van der Waals surface area contributed by atoms with E-state index >= 15 is 0 Å². The fourth-order valence-electron chi connectivity index (χ4n) is 1.62. The molecule has 1 atom stereocenters. The molecule has 0 saturated carbocycles. The number of anilines is 1. The van der Waals surface area contributed by atoms with Gasteiger partial charge in [0.25, 0.3) is 5.69 Å². The summed E-state index contributed by atoms with van der Waals surface area (Å²) in [5.74, 6) is 0.427. The second-order valence-corrected chi connectivity index (χ2v) is 4.27. The fourth-order valence-corrected chi connectivity index (χ4v) is 1.85. The Hall–Kier alpha value is -1.44. The average Bonchev–Trinajstić information content (AvgIpc) is 2.38. The van der Waals surface area contributed by atoms with Crippen LogP contribution in [0.3, 0.4) is 0 Å². The lowest BCUT2D eigenvalue weighted by Gasteiger charge is -2.24. The number of hydrogen-bond acceptors (Lipinski definition) is 6. The van der Waals surface area contributed by atoms with Crippen molar-refractivity contribution < 1.29 is 9.66 Å². The lowest BCUT2D eigenvalue weighted by atomic mass is 10.3. The number of halogens is 1. The Morgan fingerprint density at radius 2 is 2.56 bits per heavy atom. The zero-order chi connectivity index (χ0) is 13.0. The second kappa shape index (κ2) is 5.94. The Labute approximate surface area is 109 Å². The first-order chi connectivity index (χ1) is 8.66. The van der Waals surface area contributed by atoms with Gasteiger partial charge in [-0.1, -0.05) is 11.6 Å². The van der Waals surface area contributed by atoms with Crippen LogP contribution >= 0.6 is 11.6 Å². The summed E-state index contributed by atoms with van der Waals surface area (Å²) >= 11 is 5.91. The molecule has 98 valence electrons. The smallest absolute Gasteiger partial charge is 0.289 e. The van der Waals surface area contributed by atoms with Gasteiger partial charge in [-0.2, -0.15) is 0 Å². The van der Waals surface area contributed by atoms with Crippen LogP contribution in [0, 0.1) is 10.1 Å². The van der Waals surface area contributed by atoms with Crippen LogP contribution in [0.4, 0.5) is 11.5 Å². The molecule has 0 spiro atoms. The van der Waals surface area contributed by atoms with E-state index in [0.29, 0.717) is 19.0 Å². The molecule has 1 saturated heterocycles. The van der Waals surface area contributed by atoms with Crippen LogP contribution in [-0.2, 0) is 4.74 Å². The van der Waals surface area contributed by atoms with Crippen molar-refractivity contribution >= 4 is 23.1 Å². The van der Waals surface area contributed by atoms with Crippen LogP contribution in [-0.4, -0.2) is 42.3 Å². The lowest BCUT2D eigenvalue weighted by Crippen LogP contribution is -2.42. The highest BCUT2D eigenvalue weighted by Gasteiger charge is 2.15. The topological polar surface area (TPSA) is 89.3 Å². The van der Waals surface area contributed by atoms with Crippen molar-refractivity contribution in [3.8, 4) is 0 Å². The number of hydrogen-bond donors (Lipinski definition) is 2. The van der Waals surface area contributed by atoms with E-state index in [1.807, 2.05) is 0 Å². The third-order valence-electron chi connectivity index (χ3n) is 2.54. The monoisotopic (exact) mass is 272 g/mol. The Morgan fingerprint density at radius 1 is 1.72 bits per heavy atom. The normalized spacial score (nSPS) is 19.5. The quantitative estimate of drug-likeness (QED) is 0.629. The summed E-state index contributed by atoms with van der Waals surface area (Å²) in [5.41, 5.74) is -0.124. The van der Waals surface area contributed by atoms with Crippen molar-refractivity contribution in [2.24, 2.45) is 0 Å². The lowest BCUT2D eigenvalue weighted by molar-refractivity contribution is -0.385. The predicted octanol–water partition coefficient (Wildman–Crippen LogP) is 1.04. The number of nitro groups is 1. The molecule has 1 unspecified atom stereocenters. The van der Waals surface area contributed by atoms with Crippen LogP contribution in [0.5, 0.6) is 0 Å². The van der Waals surface area contributed by atoms with Gasteiger partial charge in [-0.15, -0.1) is 0 Å². The van der Waals surface area contributed by atoms with Gasteiger partial charge in [-0.05, 0) is 0 Å². The van der Waals surface area contributed by atoms with Crippen molar-refractivity contribution in [3.63, 3.8) is 0 Å². The number of nitrogens with one attached hydrogen (secondary N) is 2. The summed E-state index contributed by atoms with van der Waals surface area (Å²) in [7, 11) is 0. The summed E-state index contributed by atoms with van der Waals surface area (Å²) in [4.78, 5) is 13.9. The van der Waals surface area contributed by atoms with E-state index in [1.165, 1.54) is 12.3 Å². The molecule has 1 fully saturated rings. The molecule has 1 aromatic rings. The number of pyridine rings is 1. The Morgan fingerprint density at radius 3 is 3.17 bits per heavy atom. The number of nitrogens with zero attached hydrogens (tertiary/aromatic N) is 2. The molecule has 8 heteroatoms. The Balaban J connectivity index is 1.94. The first-order valence-electron chi connectivity index (χ1n) is 5.53. The minimum Gasteiger partial charge on any atom is -0.374 e. The van der Waals surface area contributed by atoms with Crippen molar-refractivity contribution in [2.75, 3.05) is 31.6 Å². The van der Waals surface area contributed by atoms with Crippen molar-refractivity contribution in [2.45, 2.75) is 6.10 Å². The van der Waals surface area contributed by atoms with Gasteiger partial charge in [0.2, 0.25) is 0 Å². The maximum atomic E-state index is 10.5. The number of aromatic nitrogens is 1.